The molecule has 0 aliphatic rings. The summed E-state index contributed by atoms with van der Waals surface area (Å²) in [4.78, 5) is -2.17. The first-order chi connectivity index (χ1) is 9.82. The summed E-state index contributed by atoms with van der Waals surface area (Å²) in [6.07, 6.45) is 0. The SMILES string of the molecule is O=S(=O)(O)c1ccc2c(S(=O)(=O)O)ccc(S(=O)(=O)O)c2c1.[KH]. The molecule has 0 saturated heterocycles. The van der Waals surface area contributed by atoms with Crippen molar-refractivity contribution in [2.75, 3.05) is 0 Å². The van der Waals surface area contributed by atoms with Gasteiger partial charge in [0.05, 0.1) is 4.90 Å². The quantitative estimate of drug-likeness (QED) is 0.466. The molecule has 2 aromatic carbocycles. The molecule has 9 nitrogen and oxygen atoms in total. The number of benzene rings is 2. The molecule has 0 aliphatic carbocycles. The van der Waals surface area contributed by atoms with Gasteiger partial charge in [0.1, 0.15) is 9.79 Å². The zero-order valence-corrected chi connectivity index (χ0v) is 12.9. The van der Waals surface area contributed by atoms with Gasteiger partial charge >= 0.3 is 51.4 Å². The molecule has 3 N–H and O–H groups in total. The van der Waals surface area contributed by atoms with Crippen LogP contribution in [0.5, 0.6) is 0 Å². The Morgan fingerprint density at radius 3 is 1.43 bits per heavy atom. The van der Waals surface area contributed by atoms with Crippen LogP contribution >= 0.6 is 0 Å². The van der Waals surface area contributed by atoms with Crippen LogP contribution in [0.3, 0.4) is 0 Å². The first kappa shape index (κ1) is 21.1. The van der Waals surface area contributed by atoms with Gasteiger partial charge < -0.3 is 0 Å². The van der Waals surface area contributed by atoms with E-state index in [-0.39, 0.29) is 56.8 Å². The van der Waals surface area contributed by atoms with Crippen LogP contribution in [0.2, 0.25) is 0 Å². The van der Waals surface area contributed by atoms with Gasteiger partial charge in [-0.2, -0.15) is 25.3 Å². The van der Waals surface area contributed by atoms with E-state index in [9.17, 15) is 25.3 Å². The van der Waals surface area contributed by atoms with E-state index in [4.69, 9.17) is 13.7 Å². The van der Waals surface area contributed by atoms with E-state index in [0.717, 1.165) is 18.2 Å². The summed E-state index contributed by atoms with van der Waals surface area (Å²) in [5.41, 5.74) is 0. The molecular formula is C10H9KO9S3. The number of rotatable bonds is 3. The van der Waals surface area contributed by atoms with Crippen molar-refractivity contribution in [3.63, 3.8) is 0 Å². The Morgan fingerprint density at radius 1 is 0.609 bits per heavy atom. The topological polar surface area (TPSA) is 163 Å². The molecule has 0 atom stereocenters. The van der Waals surface area contributed by atoms with Crippen molar-refractivity contribution in [1.82, 2.24) is 0 Å². The van der Waals surface area contributed by atoms with Crippen LogP contribution in [0.15, 0.2) is 45.0 Å². The van der Waals surface area contributed by atoms with Gasteiger partial charge in [0.15, 0.2) is 0 Å². The second-order valence-electron chi connectivity index (χ2n) is 4.19. The molecule has 0 aliphatic heterocycles. The van der Waals surface area contributed by atoms with E-state index >= 15 is 0 Å². The summed E-state index contributed by atoms with van der Waals surface area (Å²) < 4.78 is 94.5. The predicted octanol–water partition coefficient (Wildman–Crippen LogP) is -0.0686. The Balaban J connectivity index is 0.00000264. The van der Waals surface area contributed by atoms with Crippen molar-refractivity contribution in [1.29, 1.82) is 0 Å². The van der Waals surface area contributed by atoms with Crippen molar-refractivity contribution in [3.05, 3.63) is 30.3 Å². The molecule has 0 saturated carbocycles. The fraction of sp³-hybridized carbons (Fsp3) is 0. The summed E-state index contributed by atoms with van der Waals surface area (Å²) in [6, 6.07) is 3.81. The molecule has 0 heterocycles. The van der Waals surface area contributed by atoms with Gasteiger partial charge in [0.25, 0.3) is 30.4 Å². The number of hydrogen-bond donors (Lipinski definition) is 3. The van der Waals surface area contributed by atoms with Crippen LogP contribution in [-0.2, 0) is 30.4 Å². The summed E-state index contributed by atoms with van der Waals surface area (Å²) in [5.74, 6) is 0. The van der Waals surface area contributed by atoms with Gasteiger partial charge in [-0.3, -0.25) is 13.7 Å². The fourth-order valence-electron chi connectivity index (χ4n) is 1.88. The molecule has 0 radical (unpaired) electrons. The van der Waals surface area contributed by atoms with Crippen molar-refractivity contribution in [2.24, 2.45) is 0 Å². The standard InChI is InChI=1S/C10H8O9S3.K.H/c11-20(12,13)6-1-2-7-8(5-6)10(22(17,18)19)4-3-9(7)21(14,15)16;;/h1-5H,(H,11,12,13)(H,14,15,16)(H,17,18,19);;. The summed E-state index contributed by atoms with van der Waals surface area (Å²) in [5, 5.41) is -0.835. The van der Waals surface area contributed by atoms with E-state index in [1.165, 1.54) is 0 Å². The first-order valence-corrected chi connectivity index (χ1v) is 9.63. The Kier molecular flexibility index (Phi) is 6.20. The fourth-order valence-corrected chi connectivity index (χ4v) is 3.77. The van der Waals surface area contributed by atoms with Crippen LogP contribution in [0.4, 0.5) is 0 Å². The van der Waals surface area contributed by atoms with Crippen LogP contribution < -0.4 is 0 Å². The Morgan fingerprint density at radius 2 is 1.04 bits per heavy atom. The van der Waals surface area contributed by atoms with E-state index in [1.54, 1.807) is 0 Å². The molecule has 0 fully saturated rings. The molecule has 0 spiro atoms. The van der Waals surface area contributed by atoms with E-state index in [1.807, 2.05) is 0 Å². The molecule has 122 valence electrons. The van der Waals surface area contributed by atoms with Gasteiger partial charge in [-0.25, -0.2) is 0 Å². The molecular weight excluding hydrogens is 399 g/mol. The van der Waals surface area contributed by atoms with Gasteiger partial charge in [-0.1, -0.05) is 6.07 Å². The summed E-state index contributed by atoms with van der Waals surface area (Å²) >= 11 is 0. The third-order valence-electron chi connectivity index (χ3n) is 2.76. The van der Waals surface area contributed by atoms with Crippen molar-refractivity contribution < 1.29 is 38.9 Å². The third-order valence-corrected chi connectivity index (χ3v) is 5.43. The average Bonchev–Trinajstić information content (AvgIpc) is 2.33. The molecule has 0 aromatic heterocycles. The van der Waals surface area contributed by atoms with Gasteiger partial charge in [0.2, 0.25) is 0 Å². The molecule has 2 aromatic rings. The normalized spacial score (nSPS) is 12.8. The molecule has 2 rings (SSSR count). The average molecular weight is 408 g/mol. The van der Waals surface area contributed by atoms with Gasteiger partial charge in [0, 0.05) is 10.8 Å². The first-order valence-electron chi connectivity index (χ1n) is 5.31. The molecule has 0 unspecified atom stereocenters. The van der Waals surface area contributed by atoms with Crippen LogP contribution in [-0.4, -0.2) is 90.3 Å². The van der Waals surface area contributed by atoms with E-state index in [0.29, 0.717) is 12.1 Å². The predicted molar refractivity (Wildman–Crippen MR) is 80.5 cm³/mol. The van der Waals surface area contributed by atoms with E-state index < -0.39 is 50.4 Å². The van der Waals surface area contributed by atoms with Crippen molar-refractivity contribution in [3.8, 4) is 0 Å². The maximum absolute atomic E-state index is 11.3. The van der Waals surface area contributed by atoms with E-state index in [2.05, 4.69) is 0 Å². The number of hydrogen-bond acceptors (Lipinski definition) is 6. The Bertz CT molecular complexity index is 1090. The minimum absolute atomic E-state index is 0. The Hall–Kier alpha value is 0.0664. The minimum atomic E-state index is -4.81. The van der Waals surface area contributed by atoms with Crippen LogP contribution in [0, 0.1) is 0 Å². The molecule has 0 amide bonds. The number of fused-ring (bicyclic) bond motifs is 1. The van der Waals surface area contributed by atoms with Crippen LogP contribution in [0.1, 0.15) is 0 Å². The zero-order chi connectivity index (χ0) is 16.9. The third kappa shape index (κ3) is 4.58. The second kappa shape index (κ2) is 6.76. The van der Waals surface area contributed by atoms with Crippen LogP contribution in [0.25, 0.3) is 10.8 Å². The molecule has 0 bridgehead atoms. The second-order valence-corrected chi connectivity index (χ2v) is 8.40. The van der Waals surface area contributed by atoms with Gasteiger partial charge in [-0.05, 0) is 24.3 Å². The monoisotopic (exact) mass is 408 g/mol. The zero-order valence-electron chi connectivity index (χ0n) is 10.4. The Labute approximate surface area is 174 Å². The summed E-state index contributed by atoms with van der Waals surface area (Å²) in [7, 11) is -14.2. The summed E-state index contributed by atoms with van der Waals surface area (Å²) in [6.45, 7) is 0. The van der Waals surface area contributed by atoms with Crippen molar-refractivity contribution in [2.45, 2.75) is 14.7 Å². The maximum atomic E-state index is 11.3. The van der Waals surface area contributed by atoms with Gasteiger partial charge in [-0.15, -0.1) is 0 Å². The molecule has 13 heteroatoms. The van der Waals surface area contributed by atoms with Crippen molar-refractivity contribution >= 4 is 92.5 Å². The molecule has 23 heavy (non-hydrogen) atoms.